The van der Waals surface area contributed by atoms with Gasteiger partial charge in [0, 0.05) is 33.6 Å². The number of alkyl halides is 6. The van der Waals surface area contributed by atoms with E-state index in [1.54, 1.807) is 5.32 Å². The van der Waals surface area contributed by atoms with Gasteiger partial charge in [-0.15, -0.1) is 0 Å². The van der Waals surface area contributed by atoms with E-state index in [2.05, 4.69) is 10.1 Å². The van der Waals surface area contributed by atoms with Crippen molar-refractivity contribution in [2.45, 2.75) is 24.4 Å². The number of hydrogen-bond acceptors (Lipinski definition) is 4. The Kier molecular flexibility index (Phi) is 5.93. The molecule has 0 aliphatic carbocycles. The van der Waals surface area contributed by atoms with Gasteiger partial charge in [-0.3, -0.25) is 9.20 Å². The normalized spacial score (nSPS) is 18.6. The molecule has 180 valence electrons. The van der Waals surface area contributed by atoms with Gasteiger partial charge in [-0.1, -0.05) is 28.4 Å². The van der Waals surface area contributed by atoms with Crippen LogP contribution in [-0.2, 0) is 10.4 Å². The van der Waals surface area contributed by atoms with Crippen LogP contribution in [-0.4, -0.2) is 39.9 Å². The number of rotatable bonds is 4. The molecular formula is C20H12Cl2F6N4O2. The van der Waals surface area contributed by atoms with E-state index in [1.807, 2.05) is 0 Å². The van der Waals surface area contributed by atoms with E-state index >= 15 is 0 Å². The Morgan fingerprint density at radius 3 is 2.41 bits per heavy atom. The van der Waals surface area contributed by atoms with Gasteiger partial charge >= 0.3 is 12.4 Å². The summed E-state index contributed by atoms with van der Waals surface area (Å²) in [7, 11) is 0. The van der Waals surface area contributed by atoms with Crippen LogP contribution in [0.2, 0.25) is 10.0 Å². The summed E-state index contributed by atoms with van der Waals surface area (Å²) in [6.45, 7) is -1.55. The summed E-state index contributed by atoms with van der Waals surface area (Å²) in [6, 6.07) is 5.80. The molecule has 0 fully saturated rings. The predicted octanol–water partition coefficient (Wildman–Crippen LogP) is 5.52. The first-order valence-corrected chi connectivity index (χ1v) is 10.2. The molecule has 1 aromatic carbocycles. The van der Waals surface area contributed by atoms with Crippen molar-refractivity contribution in [3.8, 4) is 0 Å². The zero-order chi connectivity index (χ0) is 24.9. The van der Waals surface area contributed by atoms with Crippen LogP contribution in [0.25, 0.3) is 5.65 Å². The van der Waals surface area contributed by atoms with Gasteiger partial charge in [0.15, 0.2) is 0 Å². The second-order valence-corrected chi connectivity index (χ2v) is 8.21. The van der Waals surface area contributed by atoms with Crippen molar-refractivity contribution >= 4 is 40.5 Å². The summed E-state index contributed by atoms with van der Waals surface area (Å²) in [5.41, 5.74) is -3.50. The number of amides is 1. The van der Waals surface area contributed by atoms with Gasteiger partial charge in [-0.05, 0) is 30.3 Å². The van der Waals surface area contributed by atoms with Crippen molar-refractivity contribution in [3.05, 3.63) is 69.6 Å². The molecule has 0 bridgehead atoms. The highest BCUT2D eigenvalue weighted by Gasteiger charge is 2.62. The maximum atomic E-state index is 14.2. The first kappa shape index (κ1) is 24.1. The van der Waals surface area contributed by atoms with Gasteiger partial charge in [-0.2, -0.15) is 26.3 Å². The molecule has 14 heteroatoms. The highest BCUT2D eigenvalue weighted by molar-refractivity contribution is 6.34. The number of pyridine rings is 1. The Bertz CT molecular complexity index is 1280. The fourth-order valence-electron chi connectivity index (χ4n) is 3.53. The lowest BCUT2D eigenvalue weighted by Gasteiger charge is -2.29. The lowest BCUT2D eigenvalue weighted by Crippen LogP contribution is -2.42. The van der Waals surface area contributed by atoms with Crippen molar-refractivity contribution in [1.82, 2.24) is 14.7 Å². The Morgan fingerprint density at radius 2 is 1.79 bits per heavy atom. The number of carbonyl (C=O) groups is 1. The summed E-state index contributed by atoms with van der Waals surface area (Å²) < 4.78 is 81.1. The Labute approximate surface area is 197 Å². The van der Waals surface area contributed by atoms with Gasteiger partial charge in [0.1, 0.15) is 17.9 Å². The number of aromatic nitrogens is 2. The Balaban J connectivity index is 1.71. The fraction of sp³-hybridized carbons (Fsp3) is 0.250. The average Bonchev–Trinajstić information content (AvgIpc) is 3.38. The number of nitrogens with one attached hydrogen (secondary N) is 1. The van der Waals surface area contributed by atoms with Crippen LogP contribution >= 0.6 is 23.2 Å². The molecule has 3 heterocycles. The number of nitrogens with zero attached hydrogens (tertiary/aromatic N) is 3. The number of hydrogen-bond donors (Lipinski definition) is 1. The molecule has 34 heavy (non-hydrogen) atoms. The molecule has 1 unspecified atom stereocenters. The molecule has 0 saturated heterocycles. The molecule has 4 rings (SSSR count). The number of fused-ring (bicyclic) bond motifs is 1. The van der Waals surface area contributed by atoms with E-state index in [9.17, 15) is 31.1 Å². The van der Waals surface area contributed by atoms with Crippen molar-refractivity contribution in [1.29, 1.82) is 0 Å². The molecule has 2 aromatic heterocycles. The highest BCUT2D eigenvalue weighted by Crippen LogP contribution is 2.49. The molecule has 1 amide bonds. The predicted molar refractivity (Wildman–Crippen MR) is 110 cm³/mol. The monoisotopic (exact) mass is 524 g/mol. The number of benzene rings is 1. The summed E-state index contributed by atoms with van der Waals surface area (Å²) in [5, 5.41) is 5.31. The summed E-state index contributed by atoms with van der Waals surface area (Å²) in [6.07, 6.45) is -7.79. The minimum atomic E-state index is -4.92. The number of carbonyl (C=O) groups excluding carboxylic acids is 1. The third-order valence-electron chi connectivity index (χ3n) is 5.06. The maximum absolute atomic E-state index is 14.2. The second kappa shape index (κ2) is 8.35. The van der Waals surface area contributed by atoms with E-state index < -0.39 is 36.8 Å². The van der Waals surface area contributed by atoms with Crippen LogP contribution in [0.15, 0.2) is 47.9 Å². The van der Waals surface area contributed by atoms with Crippen molar-refractivity contribution < 1.29 is 36.0 Å². The standard InChI is InChI=1S/C20H12Cl2F6N4O2/c21-11-5-10(6-12(22)7-11)18(20(26,27)28)8-14(31-34-18)13-1-2-15(32-4-3-29-16(13)32)17(33)30-9-19(23,24)25/h1-7H,8-9H2,(H,30,33). The maximum Gasteiger partial charge on any atom is 0.435 e. The minimum absolute atomic E-state index is 0.00381. The molecule has 1 atom stereocenters. The van der Waals surface area contributed by atoms with Gasteiger partial charge in [-0.25, -0.2) is 4.98 Å². The van der Waals surface area contributed by atoms with Crippen molar-refractivity contribution in [3.63, 3.8) is 0 Å². The smallest absolute Gasteiger partial charge is 0.374 e. The summed E-state index contributed by atoms with van der Waals surface area (Å²) in [4.78, 5) is 21.2. The van der Waals surface area contributed by atoms with E-state index in [0.717, 1.165) is 22.6 Å². The molecule has 6 nitrogen and oxygen atoms in total. The van der Waals surface area contributed by atoms with E-state index in [-0.39, 0.29) is 38.2 Å². The first-order valence-electron chi connectivity index (χ1n) is 9.40. The lowest BCUT2D eigenvalue weighted by molar-refractivity contribution is -0.275. The zero-order valence-corrected chi connectivity index (χ0v) is 18.1. The SMILES string of the molecule is O=C(NCC(F)(F)F)c1ccc(C2=NOC(c3cc(Cl)cc(Cl)c3)(C(F)(F)F)C2)c2nccn12. The zero-order valence-electron chi connectivity index (χ0n) is 16.6. The molecule has 1 N–H and O–H groups in total. The largest absolute Gasteiger partial charge is 0.435 e. The summed E-state index contributed by atoms with van der Waals surface area (Å²) >= 11 is 11.8. The van der Waals surface area contributed by atoms with Crippen molar-refractivity contribution in [2.75, 3.05) is 6.54 Å². The second-order valence-electron chi connectivity index (χ2n) is 7.34. The van der Waals surface area contributed by atoms with Gasteiger partial charge in [0.25, 0.3) is 11.5 Å². The molecule has 1 aliphatic heterocycles. The van der Waals surface area contributed by atoms with Gasteiger partial charge in [0.2, 0.25) is 0 Å². The van der Waals surface area contributed by atoms with Gasteiger partial charge < -0.3 is 10.2 Å². The molecule has 0 saturated carbocycles. The Morgan fingerprint density at radius 1 is 1.12 bits per heavy atom. The van der Waals surface area contributed by atoms with Crippen LogP contribution in [0.5, 0.6) is 0 Å². The van der Waals surface area contributed by atoms with Crippen molar-refractivity contribution in [2.24, 2.45) is 5.16 Å². The number of imidazole rings is 1. The molecule has 0 radical (unpaired) electrons. The van der Waals surface area contributed by atoms with Crippen LogP contribution in [0.1, 0.15) is 28.0 Å². The van der Waals surface area contributed by atoms with Gasteiger partial charge in [0.05, 0.1) is 12.1 Å². The van der Waals surface area contributed by atoms with Crippen LogP contribution < -0.4 is 5.32 Å². The Hall–Kier alpha value is -2.99. The number of halogens is 8. The van der Waals surface area contributed by atoms with Crippen LogP contribution in [0.4, 0.5) is 26.3 Å². The van der Waals surface area contributed by atoms with E-state index in [0.29, 0.717) is 0 Å². The fourth-order valence-corrected chi connectivity index (χ4v) is 4.06. The van der Waals surface area contributed by atoms with E-state index in [1.165, 1.54) is 24.5 Å². The quantitative estimate of drug-likeness (QED) is 0.457. The van der Waals surface area contributed by atoms with Crippen LogP contribution in [0.3, 0.4) is 0 Å². The minimum Gasteiger partial charge on any atom is -0.374 e. The van der Waals surface area contributed by atoms with Crippen LogP contribution in [0, 0.1) is 0 Å². The molecular weight excluding hydrogens is 513 g/mol. The molecule has 3 aromatic rings. The molecule has 0 spiro atoms. The highest BCUT2D eigenvalue weighted by atomic mass is 35.5. The topological polar surface area (TPSA) is 68.0 Å². The summed E-state index contributed by atoms with van der Waals surface area (Å²) in [5.74, 6) is -1.05. The third-order valence-corrected chi connectivity index (χ3v) is 5.49. The van der Waals surface area contributed by atoms with E-state index in [4.69, 9.17) is 28.0 Å². The third kappa shape index (κ3) is 4.39. The molecule has 1 aliphatic rings. The number of oxime groups is 1. The lowest BCUT2D eigenvalue weighted by atomic mass is 9.86. The average molecular weight is 525 g/mol. The first-order chi connectivity index (χ1) is 15.8.